The van der Waals surface area contributed by atoms with Crippen LogP contribution in [0.5, 0.6) is 0 Å². The fourth-order valence-electron chi connectivity index (χ4n) is 0.365. The van der Waals surface area contributed by atoms with Gasteiger partial charge in [-0.2, -0.15) is 0 Å². The Bertz CT molecular complexity index is 69.3. The zero-order valence-corrected chi connectivity index (χ0v) is 9.59. The van der Waals surface area contributed by atoms with Gasteiger partial charge in [0.15, 0.2) is 0 Å². The van der Waals surface area contributed by atoms with Crippen LogP contribution in [0.1, 0.15) is 20.8 Å². The lowest BCUT2D eigenvalue weighted by atomic mass is 10.6. The molecule has 0 aliphatic heterocycles. The molecule has 0 rings (SSSR count). The molecule has 0 spiro atoms. The molecule has 0 fully saturated rings. The Morgan fingerprint density at radius 1 is 1.22 bits per heavy atom. The molecule has 0 unspecified atom stereocenters. The highest BCUT2D eigenvalue weighted by Gasteiger charge is 2.25. The van der Waals surface area contributed by atoms with Crippen LogP contribution in [0.2, 0.25) is 0 Å². The first-order valence-corrected chi connectivity index (χ1v) is 6.27. The lowest BCUT2D eigenvalue weighted by Gasteiger charge is -2.19. The molecule has 0 radical (unpaired) electrons. The molecule has 0 aromatic heterocycles. The summed E-state index contributed by atoms with van der Waals surface area (Å²) in [5, 5.41) is 0. The quantitative estimate of drug-likeness (QED) is 0.552. The fraction of sp³-hybridized carbons (Fsp3) is 1.00. The van der Waals surface area contributed by atoms with Crippen LogP contribution in [0.15, 0.2) is 0 Å². The van der Waals surface area contributed by atoms with Crippen molar-refractivity contribution in [3.05, 3.63) is 0 Å². The van der Waals surface area contributed by atoms with E-state index in [-0.39, 0.29) is 17.0 Å². The van der Waals surface area contributed by atoms with Crippen molar-refractivity contribution in [2.75, 3.05) is 19.5 Å². The number of rotatable bonds is 2. The van der Waals surface area contributed by atoms with Crippen LogP contribution in [0.4, 0.5) is 0 Å². The maximum atomic E-state index is 2.43. The van der Waals surface area contributed by atoms with E-state index in [1.807, 2.05) is 0 Å². The van der Waals surface area contributed by atoms with Crippen LogP contribution in [-0.4, -0.2) is 25.2 Å². The maximum absolute atomic E-state index is 2.43. The molecule has 0 aromatic rings. The van der Waals surface area contributed by atoms with E-state index in [4.69, 9.17) is 0 Å². The van der Waals surface area contributed by atoms with Gasteiger partial charge in [-0.25, -0.2) is 0 Å². The SMILES string of the molecule is CC[P+](C)(C)C(C)C.[Br-]. The summed E-state index contributed by atoms with van der Waals surface area (Å²) in [6.45, 7) is 11.8. The minimum atomic E-state index is -0.495. The normalized spacial score (nSPS) is 11.3. The van der Waals surface area contributed by atoms with Gasteiger partial charge in [-0.05, 0) is 20.8 Å². The largest absolute Gasteiger partial charge is 1.00 e. The summed E-state index contributed by atoms with van der Waals surface area (Å²) in [5.41, 5.74) is 0.924. The average molecular weight is 213 g/mol. The number of halogens is 1. The molecule has 0 atom stereocenters. The summed E-state index contributed by atoms with van der Waals surface area (Å²) in [5.74, 6) is 0. The Morgan fingerprint density at radius 2 is 1.56 bits per heavy atom. The van der Waals surface area contributed by atoms with Crippen LogP contribution >= 0.6 is 7.26 Å². The predicted octanol–water partition coefficient (Wildman–Crippen LogP) is -0.304. The lowest BCUT2D eigenvalue weighted by molar-refractivity contribution is -0.00000210. The second kappa shape index (κ2) is 4.68. The topological polar surface area (TPSA) is 0 Å². The van der Waals surface area contributed by atoms with Crippen molar-refractivity contribution in [2.45, 2.75) is 26.4 Å². The minimum Gasteiger partial charge on any atom is -1.00 e. The van der Waals surface area contributed by atoms with Gasteiger partial charge in [0.1, 0.15) is 0 Å². The van der Waals surface area contributed by atoms with Crippen molar-refractivity contribution >= 4 is 7.26 Å². The summed E-state index contributed by atoms with van der Waals surface area (Å²) in [4.78, 5) is 0. The summed E-state index contributed by atoms with van der Waals surface area (Å²) >= 11 is 0. The van der Waals surface area contributed by atoms with Crippen molar-refractivity contribution in [1.29, 1.82) is 0 Å². The molecule has 0 aliphatic rings. The van der Waals surface area contributed by atoms with Crippen molar-refractivity contribution in [1.82, 2.24) is 0 Å². The zero-order valence-electron chi connectivity index (χ0n) is 7.11. The Hall–Kier alpha value is 0.910. The van der Waals surface area contributed by atoms with E-state index in [1.54, 1.807) is 0 Å². The second-order valence-electron chi connectivity index (χ2n) is 3.19. The van der Waals surface area contributed by atoms with E-state index in [0.717, 1.165) is 5.66 Å². The third kappa shape index (κ3) is 4.33. The summed E-state index contributed by atoms with van der Waals surface area (Å²) in [7, 11) is -0.495. The van der Waals surface area contributed by atoms with E-state index in [1.165, 1.54) is 6.16 Å². The monoisotopic (exact) mass is 212 g/mol. The molecule has 0 saturated heterocycles. The Balaban J connectivity index is 0. The molecule has 0 saturated carbocycles. The molecule has 0 N–H and O–H groups in total. The first kappa shape index (κ1) is 12.6. The lowest BCUT2D eigenvalue weighted by Crippen LogP contribution is -3.00. The van der Waals surface area contributed by atoms with Gasteiger partial charge >= 0.3 is 0 Å². The predicted molar refractivity (Wildman–Crippen MR) is 44.4 cm³/mol. The Morgan fingerprint density at radius 3 is 1.56 bits per heavy atom. The van der Waals surface area contributed by atoms with E-state index >= 15 is 0 Å². The summed E-state index contributed by atoms with van der Waals surface area (Å²) < 4.78 is 0. The molecule has 0 nitrogen and oxygen atoms in total. The molecule has 2 heteroatoms. The molecule has 0 bridgehead atoms. The van der Waals surface area contributed by atoms with Gasteiger partial charge in [-0.15, -0.1) is 0 Å². The third-order valence-electron chi connectivity index (χ3n) is 2.21. The fourth-order valence-corrected chi connectivity index (χ4v) is 1.10. The second-order valence-corrected chi connectivity index (χ2v) is 8.41. The molecule has 0 aromatic carbocycles. The van der Waals surface area contributed by atoms with Crippen LogP contribution in [-0.2, 0) is 0 Å². The summed E-state index contributed by atoms with van der Waals surface area (Å²) in [6.07, 6.45) is 1.39. The van der Waals surface area contributed by atoms with Crippen LogP contribution < -0.4 is 17.0 Å². The van der Waals surface area contributed by atoms with E-state index in [9.17, 15) is 0 Å². The van der Waals surface area contributed by atoms with Crippen molar-refractivity contribution in [3.8, 4) is 0 Å². The maximum Gasteiger partial charge on any atom is 0.0636 e. The van der Waals surface area contributed by atoms with Crippen molar-refractivity contribution in [3.63, 3.8) is 0 Å². The van der Waals surface area contributed by atoms with Gasteiger partial charge in [0.25, 0.3) is 0 Å². The van der Waals surface area contributed by atoms with E-state index in [2.05, 4.69) is 34.1 Å². The smallest absolute Gasteiger partial charge is 0.0636 e. The highest BCUT2D eigenvalue weighted by molar-refractivity contribution is 7.75. The van der Waals surface area contributed by atoms with E-state index < -0.39 is 7.26 Å². The first-order valence-electron chi connectivity index (χ1n) is 3.33. The zero-order chi connectivity index (χ0) is 6.78. The first-order chi connectivity index (χ1) is 3.50. The third-order valence-corrected chi connectivity index (χ3v) is 6.64. The van der Waals surface area contributed by atoms with Crippen LogP contribution in [0.25, 0.3) is 0 Å². The molecule has 0 aliphatic carbocycles. The van der Waals surface area contributed by atoms with Gasteiger partial charge in [0.05, 0.1) is 11.8 Å². The van der Waals surface area contributed by atoms with E-state index in [0.29, 0.717) is 0 Å². The minimum absolute atomic E-state index is 0. The highest BCUT2D eigenvalue weighted by Crippen LogP contribution is 2.54. The van der Waals surface area contributed by atoms with Gasteiger partial charge in [0, 0.05) is 20.6 Å². The van der Waals surface area contributed by atoms with Gasteiger partial charge in [-0.1, -0.05) is 0 Å². The van der Waals surface area contributed by atoms with Crippen LogP contribution in [0.3, 0.4) is 0 Å². The molecule has 0 amide bonds. The standard InChI is InChI=1S/C7H18P.BrH/c1-6-8(4,5)7(2)3;/h7H,6H2,1-5H3;1H/q+1;/p-1. The Kier molecular flexibility index (Phi) is 6.54. The van der Waals surface area contributed by atoms with Crippen molar-refractivity contribution in [2.24, 2.45) is 0 Å². The van der Waals surface area contributed by atoms with Gasteiger partial charge in [-0.3, -0.25) is 0 Å². The average Bonchev–Trinajstić information content (AvgIpc) is 1.67. The van der Waals surface area contributed by atoms with Crippen LogP contribution in [0, 0.1) is 0 Å². The molecular formula is C7H18BrP. The van der Waals surface area contributed by atoms with Gasteiger partial charge < -0.3 is 17.0 Å². The summed E-state index contributed by atoms with van der Waals surface area (Å²) in [6, 6.07) is 0. The number of hydrogen-bond donors (Lipinski definition) is 0. The van der Waals surface area contributed by atoms with Crippen molar-refractivity contribution < 1.29 is 17.0 Å². The molecule has 0 heterocycles. The number of hydrogen-bond acceptors (Lipinski definition) is 0. The Labute approximate surface area is 70.5 Å². The molecule has 58 valence electrons. The molecular weight excluding hydrogens is 195 g/mol. The molecule has 9 heavy (non-hydrogen) atoms. The highest BCUT2D eigenvalue weighted by atomic mass is 79.9. The van der Waals surface area contributed by atoms with Gasteiger partial charge in [0.2, 0.25) is 0 Å².